The number of carbonyl (C=O) groups is 1. The van der Waals surface area contributed by atoms with E-state index in [1.807, 2.05) is 11.8 Å². The van der Waals surface area contributed by atoms with E-state index < -0.39 is 0 Å². The van der Waals surface area contributed by atoms with Crippen LogP contribution < -0.4 is 5.32 Å². The second-order valence-electron chi connectivity index (χ2n) is 4.69. The van der Waals surface area contributed by atoms with Gasteiger partial charge in [-0.2, -0.15) is 0 Å². The molecule has 1 aliphatic rings. The van der Waals surface area contributed by atoms with Crippen molar-refractivity contribution in [2.24, 2.45) is 0 Å². The molecule has 1 heterocycles. The molecular formula is C12H24N2O. The van der Waals surface area contributed by atoms with Gasteiger partial charge in [0.2, 0.25) is 5.91 Å². The maximum absolute atomic E-state index is 12.3. The average Bonchev–Trinajstić information content (AvgIpc) is 2.44. The van der Waals surface area contributed by atoms with Crippen LogP contribution in [0.3, 0.4) is 0 Å². The Morgan fingerprint density at radius 3 is 2.27 bits per heavy atom. The van der Waals surface area contributed by atoms with E-state index in [0.29, 0.717) is 6.04 Å². The molecule has 0 aliphatic carbocycles. The molecule has 2 atom stereocenters. The van der Waals surface area contributed by atoms with Gasteiger partial charge in [-0.3, -0.25) is 10.1 Å². The third-order valence-corrected chi connectivity index (χ3v) is 3.69. The van der Waals surface area contributed by atoms with E-state index >= 15 is 0 Å². The topological polar surface area (TPSA) is 32.3 Å². The number of carbonyl (C=O) groups excluding carboxylic acids is 1. The van der Waals surface area contributed by atoms with E-state index in [-0.39, 0.29) is 17.6 Å². The summed E-state index contributed by atoms with van der Waals surface area (Å²) in [5.74, 6) is 0.270. The van der Waals surface area contributed by atoms with Crippen molar-refractivity contribution in [3.05, 3.63) is 0 Å². The molecule has 0 aromatic rings. The van der Waals surface area contributed by atoms with E-state index in [1.165, 1.54) is 0 Å². The van der Waals surface area contributed by atoms with Crippen LogP contribution in [0.2, 0.25) is 0 Å². The van der Waals surface area contributed by atoms with Crippen molar-refractivity contribution in [1.29, 1.82) is 0 Å². The lowest BCUT2D eigenvalue weighted by Gasteiger charge is -2.30. The van der Waals surface area contributed by atoms with Crippen molar-refractivity contribution in [2.45, 2.75) is 71.6 Å². The first kappa shape index (κ1) is 12.5. The molecule has 3 nitrogen and oxygen atoms in total. The van der Waals surface area contributed by atoms with E-state index in [4.69, 9.17) is 0 Å². The van der Waals surface area contributed by atoms with Crippen LogP contribution >= 0.6 is 0 Å². The van der Waals surface area contributed by atoms with Crippen molar-refractivity contribution < 1.29 is 4.79 Å². The first-order valence-electron chi connectivity index (χ1n) is 6.10. The summed E-state index contributed by atoms with van der Waals surface area (Å²) in [5.41, 5.74) is -0.345. The quantitative estimate of drug-likeness (QED) is 0.774. The van der Waals surface area contributed by atoms with Crippen LogP contribution in [0.25, 0.3) is 0 Å². The summed E-state index contributed by atoms with van der Waals surface area (Å²) in [6.45, 7) is 10.4. The molecule has 15 heavy (non-hydrogen) atoms. The fourth-order valence-corrected chi connectivity index (χ4v) is 2.47. The molecule has 88 valence electrons. The van der Waals surface area contributed by atoms with Crippen LogP contribution in [0.1, 0.15) is 53.9 Å². The molecule has 1 aliphatic heterocycles. The summed E-state index contributed by atoms with van der Waals surface area (Å²) in [6, 6.07) is 0.383. The summed E-state index contributed by atoms with van der Waals surface area (Å²) < 4.78 is 0. The monoisotopic (exact) mass is 212 g/mol. The molecule has 1 amide bonds. The second kappa shape index (κ2) is 4.52. The maximum Gasteiger partial charge on any atom is 0.244 e. The van der Waals surface area contributed by atoms with Crippen molar-refractivity contribution in [3.8, 4) is 0 Å². The van der Waals surface area contributed by atoms with Gasteiger partial charge in [0.1, 0.15) is 0 Å². The molecule has 3 heteroatoms. The van der Waals surface area contributed by atoms with Gasteiger partial charge in [-0.05, 0) is 33.1 Å². The summed E-state index contributed by atoms with van der Waals surface area (Å²) in [5, 5.41) is 3.41. The molecule has 1 saturated heterocycles. The molecule has 0 radical (unpaired) electrons. The highest BCUT2D eigenvalue weighted by Gasteiger charge is 2.46. The number of rotatable bonds is 4. The molecule has 1 N–H and O–H groups in total. The van der Waals surface area contributed by atoms with Crippen LogP contribution in [-0.4, -0.2) is 28.6 Å². The molecule has 0 aromatic carbocycles. The maximum atomic E-state index is 12.3. The van der Waals surface area contributed by atoms with Gasteiger partial charge in [0.05, 0.1) is 11.7 Å². The minimum absolute atomic E-state index is 0.173. The molecule has 0 spiro atoms. The second-order valence-corrected chi connectivity index (χ2v) is 4.69. The Balaban J connectivity index is 2.87. The number of nitrogens with one attached hydrogen (secondary N) is 1. The van der Waals surface area contributed by atoms with Gasteiger partial charge in [0.25, 0.3) is 0 Å². The third kappa shape index (κ3) is 2.03. The van der Waals surface area contributed by atoms with Crippen LogP contribution in [-0.2, 0) is 4.79 Å². The Morgan fingerprint density at radius 1 is 1.40 bits per heavy atom. The van der Waals surface area contributed by atoms with Crippen LogP contribution in [0.5, 0.6) is 0 Å². The van der Waals surface area contributed by atoms with Crippen LogP contribution in [0.4, 0.5) is 0 Å². The first-order valence-corrected chi connectivity index (χ1v) is 6.10. The minimum Gasteiger partial charge on any atom is -0.323 e. The molecule has 0 bridgehead atoms. The first-order chi connectivity index (χ1) is 7.00. The lowest BCUT2D eigenvalue weighted by molar-refractivity contribution is -0.135. The zero-order valence-corrected chi connectivity index (χ0v) is 10.6. The van der Waals surface area contributed by atoms with Crippen molar-refractivity contribution in [3.63, 3.8) is 0 Å². The van der Waals surface area contributed by atoms with E-state index in [9.17, 15) is 4.79 Å². The van der Waals surface area contributed by atoms with Crippen LogP contribution in [0, 0.1) is 0 Å². The average molecular weight is 212 g/mol. The van der Waals surface area contributed by atoms with Gasteiger partial charge in [-0.1, -0.05) is 20.8 Å². The van der Waals surface area contributed by atoms with Gasteiger partial charge >= 0.3 is 0 Å². The van der Waals surface area contributed by atoms with Crippen molar-refractivity contribution >= 4 is 5.91 Å². The SMILES string of the molecule is CCC(CC)N1C(=O)C(C)(CC)NC1C. The highest BCUT2D eigenvalue weighted by atomic mass is 16.2. The van der Waals surface area contributed by atoms with E-state index in [1.54, 1.807) is 0 Å². The fourth-order valence-electron chi connectivity index (χ4n) is 2.47. The van der Waals surface area contributed by atoms with Gasteiger partial charge in [0, 0.05) is 6.04 Å². The Labute approximate surface area is 93.2 Å². The Kier molecular flexibility index (Phi) is 3.77. The summed E-state index contributed by atoms with van der Waals surface area (Å²) in [4.78, 5) is 14.3. The highest BCUT2D eigenvalue weighted by Crippen LogP contribution is 2.27. The van der Waals surface area contributed by atoms with Gasteiger partial charge < -0.3 is 4.90 Å². The molecule has 2 unspecified atom stereocenters. The normalized spacial score (nSPS) is 31.7. The molecule has 1 rings (SSSR count). The van der Waals surface area contributed by atoms with Crippen molar-refractivity contribution in [2.75, 3.05) is 0 Å². The summed E-state index contributed by atoms with van der Waals surface area (Å²) >= 11 is 0. The summed E-state index contributed by atoms with van der Waals surface area (Å²) in [7, 11) is 0. The predicted octanol–water partition coefficient (Wildman–Crippen LogP) is 2.12. The van der Waals surface area contributed by atoms with Gasteiger partial charge in [0.15, 0.2) is 0 Å². The fraction of sp³-hybridized carbons (Fsp3) is 0.917. The zero-order chi connectivity index (χ0) is 11.6. The lowest BCUT2D eigenvalue weighted by atomic mass is 9.98. The number of amides is 1. The van der Waals surface area contributed by atoms with Crippen molar-refractivity contribution in [1.82, 2.24) is 10.2 Å². The zero-order valence-electron chi connectivity index (χ0n) is 10.6. The highest BCUT2D eigenvalue weighted by molar-refractivity contribution is 5.88. The Hall–Kier alpha value is -0.570. The minimum atomic E-state index is -0.345. The lowest BCUT2D eigenvalue weighted by Crippen LogP contribution is -2.44. The van der Waals surface area contributed by atoms with Crippen LogP contribution in [0.15, 0.2) is 0 Å². The number of hydrogen-bond donors (Lipinski definition) is 1. The number of hydrogen-bond acceptors (Lipinski definition) is 2. The Morgan fingerprint density at radius 2 is 1.93 bits per heavy atom. The number of nitrogens with zero attached hydrogens (tertiary/aromatic N) is 1. The van der Waals surface area contributed by atoms with E-state index in [0.717, 1.165) is 19.3 Å². The molecule has 0 saturated carbocycles. The molecule has 0 aromatic heterocycles. The summed E-state index contributed by atoms with van der Waals surface area (Å²) in [6.07, 6.45) is 3.10. The van der Waals surface area contributed by atoms with E-state index in [2.05, 4.69) is 33.0 Å². The Bertz CT molecular complexity index is 238. The largest absolute Gasteiger partial charge is 0.323 e. The smallest absolute Gasteiger partial charge is 0.244 e. The molecular weight excluding hydrogens is 188 g/mol. The predicted molar refractivity (Wildman–Crippen MR) is 62.5 cm³/mol. The standard InChI is InChI=1S/C12H24N2O/c1-6-10(7-2)14-9(4)13-12(5,8-3)11(14)15/h9-10,13H,6-8H2,1-5H3. The third-order valence-electron chi connectivity index (χ3n) is 3.69. The molecule has 1 fully saturated rings. The van der Waals surface area contributed by atoms with Gasteiger partial charge in [-0.25, -0.2) is 0 Å². The van der Waals surface area contributed by atoms with Gasteiger partial charge in [-0.15, -0.1) is 0 Å².